The summed E-state index contributed by atoms with van der Waals surface area (Å²) in [4.78, 5) is 11.9. The van der Waals surface area contributed by atoms with Crippen LogP contribution < -0.4 is 15.4 Å². The SMILES string of the molecule is O=C(NCCc1ccc(O)cc1)Nc1ccc(OCC2CC2)cc1. The van der Waals surface area contributed by atoms with Crippen LogP contribution in [0.5, 0.6) is 11.5 Å². The number of anilines is 1. The summed E-state index contributed by atoms with van der Waals surface area (Å²) in [5.41, 5.74) is 1.79. The number of nitrogens with one attached hydrogen (secondary N) is 2. The molecular weight excluding hydrogens is 304 g/mol. The number of hydrogen-bond donors (Lipinski definition) is 3. The zero-order chi connectivity index (χ0) is 16.8. The van der Waals surface area contributed by atoms with Gasteiger partial charge >= 0.3 is 6.03 Å². The van der Waals surface area contributed by atoms with E-state index in [1.54, 1.807) is 12.1 Å². The predicted octanol–water partition coefficient (Wildman–Crippen LogP) is 3.55. The standard InChI is InChI=1S/C19H22N2O3/c22-17-7-3-14(4-8-17)11-12-20-19(23)21-16-5-9-18(10-6-16)24-13-15-1-2-15/h3-10,15,22H,1-2,11-13H2,(H2,20,21,23). The van der Waals surface area contributed by atoms with Crippen LogP contribution in [0, 0.1) is 5.92 Å². The van der Waals surface area contributed by atoms with Gasteiger partial charge in [-0.15, -0.1) is 0 Å². The van der Waals surface area contributed by atoms with Gasteiger partial charge in [0.25, 0.3) is 0 Å². The van der Waals surface area contributed by atoms with Gasteiger partial charge in [-0.1, -0.05) is 12.1 Å². The number of urea groups is 1. The van der Waals surface area contributed by atoms with Crippen molar-refractivity contribution in [2.75, 3.05) is 18.5 Å². The molecule has 0 unspecified atom stereocenters. The Morgan fingerprint density at radius 3 is 2.46 bits per heavy atom. The fraction of sp³-hybridized carbons (Fsp3) is 0.316. The second-order valence-corrected chi connectivity index (χ2v) is 6.08. The normalized spacial score (nSPS) is 13.3. The molecule has 3 rings (SSSR count). The molecule has 0 radical (unpaired) electrons. The second kappa shape index (κ2) is 7.73. The summed E-state index contributed by atoms with van der Waals surface area (Å²) in [5.74, 6) is 1.80. The summed E-state index contributed by atoms with van der Waals surface area (Å²) < 4.78 is 5.67. The zero-order valence-electron chi connectivity index (χ0n) is 13.5. The molecule has 0 bridgehead atoms. The number of amides is 2. The maximum atomic E-state index is 11.9. The van der Waals surface area contributed by atoms with E-state index in [0.717, 1.165) is 29.5 Å². The molecule has 3 N–H and O–H groups in total. The molecule has 1 fully saturated rings. The molecule has 5 nitrogen and oxygen atoms in total. The van der Waals surface area contributed by atoms with E-state index in [2.05, 4.69) is 10.6 Å². The highest BCUT2D eigenvalue weighted by Gasteiger charge is 2.21. The van der Waals surface area contributed by atoms with Gasteiger partial charge in [0.2, 0.25) is 0 Å². The number of carbonyl (C=O) groups excluding carboxylic acids is 1. The number of aromatic hydroxyl groups is 1. The minimum atomic E-state index is -0.236. The molecule has 0 spiro atoms. The molecule has 2 aromatic rings. The van der Waals surface area contributed by atoms with Crippen LogP contribution >= 0.6 is 0 Å². The Morgan fingerprint density at radius 1 is 1.08 bits per heavy atom. The average Bonchev–Trinajstić information content (AvgIpc) is 3.40. The number of ether oxygens (including phenoxy) is 1. The van der Waals surface area contributed by atoms with E-state index in [4.69, 9.17) is 4.74 Å². The van der Waals surface area contributed by atoms with Gasteiger partial charge in [0, 0.05) is 12.2 Å². The molecular formula is C19H22N2O3. The summed E-state index contributed by atoms with van der Waals surface area (Å²) >= 11 is 0. The smallest absolute Gasteiger partial charge is 0.319 e. The van der Waals surface area contributed by atoms with E-state index in [1.165, 1.54) is 12.8 Å². The quantitative estimate of drug-likeness (QED) is 0.729. The summed E-state index contributed by atoms with van der Waals surface area (Å²) in [5, 5.41) is 14.8. The third kappa shape index (κ3) is 5.19. The number of carbonyl (C=O) groups is 1. The number of phenols is 1. The highest BCUT2D eigenvalue weighted by molar-refractivity contribution is 5.89. The van der Waals surface area contributed by atoms with E-state index in [1.807, 2.05) is 36.4 Å². The average molecular weight is 326 g/mol. The highest BCUT2D eigenvalue weighted by atomic mass is 16.5. The van der Waals surface area contributed by atoms with Gasteiger partial charge in [0.1, 0.15) is 11.5 Å². The van der Waals surface area contributed by atoms with Crippen LogP contribution in [0.1, 0.15) is 18.4 Å². The predicted molar refractivity (Wildman–Crippen MR) is 93.5 cm³/mol. The molecule has 2 amide bonds. The summed E-state index contributed by atoms with van der Waals surface area (Å²) in [6, 6.07) is 14.1. The van der Waals surface area contributed by atoms with Gasteiger partial charge < -0.3 is 20.5 Å². The van der Waals surface area contributed by atoms with Crippen molar-refractivity contribution < 1.29 is 14.6 Å². The van der Waals surface area contributed by atoms with Crippen molar-refractivity contribution in [2.24, 2.45) is 5.92 Å². The van der Waals surface area contributed by atoms with Crippen LogP contribution in [0.4, 0.5) is 10.5 Å². The van der Waals surface area contributed by atoms with Gasteiger partial charge in [0.05, 0.1) is 6.61 Å². The van der Waals surface area contributed by atoms with Gasteiger partial charge in [-0.05, 0) is 67.1 Å². The molecule has 0 heterocycles. The Balaban J connectivity index is 1.38. The Bertz CT molecular complexity index is 664. The third-order valence-corrected chi connectivity index (χ3v) is 3.93. The number of rotatable bonds is 7. The van der Waals surface area contributed by atoms with Crippen LogP contribution in [-0.2, 0) is 6.42 Å². The van der Waals surface area contributed by atoms with Gasteiger partial charge in [0.15, 0.2) is 0 Å². The van der Waals surface area contributed by atoms with Crippen LogP contribution in [0.3, 0.4) is 0 Å². The minimum Gasteiger partial charge on any atom is -0.508 e. The lowest BCUT2D eigenvalue weighted by Crippen LogP contribution is -2.30. The van der Waals surface area contributed by atoms with E-state index in [9.17, 15) is 9.90 Å². The van der Waals surface area contributed by atoms with Crippen LogP contribution in [0.15, 0.2) is 48.5 Å². The third-order valence-electron chi connectivity index (χ3n) is 3.93. The Labute approximate surface area is 141 Å². The lowest BCUT2D eigenvalue weighted by Gasteiger charge is -2.09. The van der Waals surface area contributed by atoms with Gasteiger partial charge in [-0.25, -0.2) is 4.79 Å². The maximum absolute atomic E-state index is 11.9. The largest absolute Gasteiger partial charge is 0.508 e. The second-order valence-electron chi connectivity index (χ2n) is 6.08. The number of benzene rings is 2. The first-order valence-electron chi connectivity index (χ1n) is 8.25. The number of hydrogen-bond acceptors (Lipinski definition) is 3. The molecule has 1 aliphatic rings. The topological polar surface area (TPSA) is 70.6 Å². The van der Waals surface area contributed by atoms with E-state index < -0.39 is 0 Å². The molecule has 2 aromatic carbocycles. The molecule has 0 atom stereocenters. The van der Waals surface area contributed by atoms with Crippen molar-refractivity contribution in [2.45, 2.75) is 19.3 Å². The van der Waals surface area contributed by atoms with Crippen molar-refractivity contribution in [3.63, 3.8) is 0 Å². The van der Waals surface area contributed by atoms with Crippen LogP contribution in [0.2, 0.25) is 0 Å². The van der Waals surface area contributed by atoms with Crippen molar-refractivity contribution in [1.29, 1.82) is 0 Å². The molecule has 126 valence electrons. The number of phenolic OH excluding ortho intramolecular Hbond substituents is 1. The fourth-order valence-corrected chi connectivity index (χ4v) is 2.29. The van der Waals surface area contributed by atoms with Gasteiger partial charge in [-0.3, -0.25) is 0 Å². The lowest BCUT2D eigenvalue weighted by atomic mass is 10.1. The van der Waals surface area contributed by atoms with E-state index >= 15 is 0 Å². The zero-order valence-corrected chi connectivity index (χ0v) is 13.5. The van der Waals surface area contributed by atoms with Crippen molar-refractivity contribution in [3.05, 3.63) is 54.1 Å². The molecule has 1 aliphatic carbocycles. The summed E-state index contributed by atoms with van der Waals surface area (Å²) in [6.07, 6.45) is 3.25. The molecule has 0 saturated heterocycles. The Hall–Kier alpha value is -2.69. The summed E-state index contributed by atoms with van der Waals surface area (Å²) in [6.45, 7) is 1.31. The first-order chi connectivity index (χ1) is 11.7. The van der Waals surface area contributed by atoms with Gasteiger partial charge in [-0.2, -0.15) is 0 Å². The van der Waals surface area contributed by atoms with Crippen LogP contribution in [0.25, 0.3) is 0 Å². The molecule has 0 aromatic heterocycles. The molecule has 1 saturated carbocycles. The van der Waals surface area contributed by atoms with Crippen molar-refractivity contribution in [3.8, 4) is 11.5 Å². The first-order valence-corrected chi connectivity index (χ1v) is 8.25. The molecule has 24 heavy (non-hydrogen) atoms. The monoisotopic (exact) mass is 326 g/mol. The molecule has 5 heteroatoms. The highest BCUT2D eigenvalue weighted by Crippen LogP contribution is 2.29. The van der Waals surface area contributed by atoms with E-state index in [-0.39, 0.29) is 11.8 Å². The Morgan fingerprint density at radius 2 is 1.79 bits per heavy atom. The van der Waals surface area contributed by atoms with E-state index in [0.29, 0.717) is 13.0 Å². The Kier molecular flexibility index (Phi) is 5.21. The summed E-state index contributed by atoms with van der Waals surface area (Å²) in [7, 11) is 0. The maximum Gasteiger partial charge on any atom is 0.319 e. The molecule has 0 aliphatic heterocycles. The van der Waals surface area contributed by atoms with Crippen molar-refractivity contribution >= 4 is 11.7 Å². The van der Waals surface area contributed by atoms with Crippen LogP contribution in [-0.4, -0.2) is 24.3 Å². The lowest BCUT2D eigenvalue weighted by molar-refractivity contribution is 0.252. The first kappa shape index (κ1) is 16.2. The minimum absolute atomic E-state index is 0.236. The fourth-order valence-electron chi connectivity index (χ4n) is 2.29. The van der Waals surface area contributed by atoms with Crippen molar-refractivity contribution in [1.82, 2.24) is 5.32 Å².